The Bertz CT molecular complexity index is 1540. The number of H-pyrrole nitrogens is 1. The first-order valence-electron chi connectivity index (χ1n) is 11.6. The number of rotatable bonds is 8. The largest absolute Gasteiger partial charge is 0.494 e. The Hall–Kier alpha value is -3.42. The van der Waals surface area contributed by atoms with E-state index in [-0.39, 0.29) is 10.6 Å². The molecule has 11 nitrogen and oxygen atoms in total. The molecule has 4 aromatic rings. The number of nitrogens with one attached hydrogen (secondary N) is 3. The van der Waals surface area contributed by atoms with Crippen LogP contribution in [0.1, 0.15) is 6.92 Å². The van der Waals surface area contributed by atoms with Crippen molar-refractivity contribution in [2.75, 3.05) is 54.7 Å². The average molecular weight is 588 g/mol. The lowest BCUT2D eigenvalue weighted by Gasteiger charge is -2.29. The zero-order valence-electron chi connectivity index (χ0n) is 20.3. The minimum absolute atomic E-state index is 0.0423. The summed E-state index contributed by atoms with van der Waals surface area (Å²) in [5.41, 5.74) is 2.77. The maximum Gasteiger partial charge on any atom is 0.229 e. The Morgan fingerprint density at radius 3 is 2.70 bits per heavy atom. The van der Waals surface area contributed by atoms with E-state index in [4.69, 9.17) is 9.47 Å². The van der Waals surface area contributed by atoms with Crippen LogP contribution in [0, 0.1) is 0 Å². The first-order valence-corrected chi connectivity index (χ1v) is 14.1. The molecule has 0 bridgehead atoms. The molecular weight excluding hydrogens is 562 g/mol. The van der Waals surface area contributed by atoms with Crippen molar-refractivity contribution in [3.63, 3.8) is 0 Å². The van der Waals surface area contributed by atoms with Gasteiger partial charge >= 0.3 is 0 Å². The van der Waals surface area contributed by atoms with E-state index in [2.05, 4.69) is 51.6 Å². The second kappa shape index (κ2) is 10.5. The third-order valence-electron chi connectivity index (χ3n) is 6.06. The number of nitrogens with zero attached hydrogens (tertiary/aromatic N) is 4. The highest BCUT2D eigenvalue weighted by atomic mass is 79.9. The van der Waals surface area contributed by atoms with Crippen molar-refractivity contribution >= 4 is 65.5 Å². The average Bonchev–Trinajstić information content (AvgIpc) is 3.38. The van der Waals surface area contributed by atoms with Gasteiger partial charge in [-0.2, -0.15) is 10.1 Å². The fourth-order valence-electron chi connectivity index (χ4n) is 4.05. The second-order valence-electron chi connectivity index (χ2n) is 8.33. The molecule has 0 amide bonds. The highest BCUT2D eigenvalue weighted by Gasteiger charge is 2.20. The van der Waals surface area contributed by atoms with E-state index in [1.54, 1.807) is 38.6 Å². The summed E-state index contributed by atoms with van der Waals surface area (Å²) in [5.74, 6) is 1.32. The SMILES string of the molecule is CCS(=O)(=O)c1cc2[nH]ncc2cc1Nc1nc(Nc2ccc(N3CCOCC3)cc2OC)ncc1Br. The van der Waals surface area contributed by atoms with Gasteiger partial charge in [-0.25, -0.2) is 13.4 Å². The number of fused-ring (bicyclic) bond motifs is 1. The fraction of sp³-hybridized carbons (Fsp3) is 0.292. The molecule has 0 atom stereocenters. The van der Waals surface area contributed by atoms with Gasteiger partial charge in [0.05, 0.1) is 58.5 Å². The first kappa shape index (κ1) is 25.2. The summed E-state index contributed by atoms with van der Waals surface area (Å²) in [4.78, 5) is 11.4. The van der Waals surface area contributed by atoms with Crippen molar-refractivity contribution in [2.24, 2.45) is 0 Å². The van der Waals surface area contributed by atoms with E-state index >= 15 is 0 Å². The number of hydrogen-bond donors (Lipinski definition) is 3. The molecule has 0 radical (unpaired) electrons. The van der Waals surface area contributed by atoms with Gasteiger partial charge in [0, 0.05) is 36.4 Å². The van der Waals surface area contributed by atoms with E-state index < -0.39 is 9.84 Å². The van der Waals surface area contributed by atoms with Gasteiger partial charge in [0.2, 0.25) is 5.95 Å². The van der Waals surface area contributed by atoms with Crippen LogP contribution in [0.25, 0.3) is 10.9 Å². The van der Waals surface area contributed by atoms with Crippen LogP contribution in [0.3, 0.4) is 0 Å². The Morgan fingerprint density at radius 1 is 1.14 bits per heavy atom. The number of anilines is 5. The standard InChI is InChI=1S/C24H26BrN7O4S/c1-3-37(33,34)22-12-19-15(13-27-31-19)10-20(22)28-23-17(25)14-26-24(30-23)29-18-5-4-16(11-21(18)35-2)32-6-8-36-9-7-32/h4-5,10-14H,3,6-9H2,1-2H3,(H,27,31)(H2,26,28,29,30). The Labute approximate surface area is 222 Å². The zero-order chi connectivity index (χ0) is 26.0. The number of aromatic amines is 1. The summed E-state index contributed by atoms with van der Waals surface area (Å²) >= 11 is 3.47. The van der Waals surface area contributed by atoms with Gasteiger partial charge in [-0.3, -0.25) is 5.10 Å². The molecule has 0 aliphatic carbocycles. The van der Waals surface area contributed by atoms with Crippen LogP contribution in [-0.2, 0) is 14.6 Å². The number of aromatic nitrogens is 4. The van der Waals surface area contributed by atoms with Gasteiger partial charge in [-0.1, -0.05) is 6.92 Å². The molecule has 2 aromatic carbocycles. The van der Waals surface area contributed by atoms with Gasteiger partial charge in [-0.05, 0) is 40.2 Å². The number of benzene rings is 2. The molecule has 1 aliphatic heterocycles. The molecule has 37 heavy (non-hydrogen) atoms. The maximum absolute atomic E-state index is 12.8. The van der Waals surface area contributed by atoms with Gasteiger partial charge in [0.15, 0.2) is 9.84 Å². The topological polar surface area (TPSA) is 134 Å². The molecule has 0 spiro atoms. The summed E-state index contributed by atoms with van der Waals surface area (Å²) in [7, 11) is -1.91. The molecule has 3 N–H and O–H groups in total. The smallest absolute Gasteiger partial charge is 0.229 e. The van der Waals surface area contributed by atoms with E-state index in [1.807, 2.05) is 18.2 Å². The predicted molar refractivity (Wildman–Crippen MR) is 146 cm³/mol. The maximum atomic E-state index is 12.8. The van der Waals surface area contributed by atoms with Crippen LogP contribution in [0.4, 0.5) is 28.8 Å². The number of halogens is 1. The molecule has 1 aliphatic rings. The number of morpholine rings is 1. The van der Waals surface area contributed by atoms with E-state index in [9.17, 15) is 8.42 Å². The van der Waals surface area contributed by atoms with E-state index in [0.29, 0.717) is 52.1 Å². The lowest BCUT2D eigenvalue weighted by Crippen LogP contribution is -2.36. The molecule has 194 valence electrons. The molecule has 1 saturated heterocycles. The summed E-state index contributed by atoms with van der Waals surface area (Å²) in [6, 6.07) is 9.21. The monoisotopic (exact) mass is 587 g/mol. The fourth-order valence-corrected chi connectivity index (χ4v) is 5.39. The molecule has 5 rings (SSSR count). The molecule has 13 heteroatoms. The van der Waals surface area contributed by atoms with Crippen molar-refractivity contribution in [1.29, 1.82) is 0 Å². The summed E-state index contributed by atoms with van der Waals surface area (Å²) in [6.07, 6.45) is 3.23. The third-order valence-corrected chi connectivity index (χ3v) is 8.41. The highest BCUT2D eigenvalue weighted by molar-refractivity contribution is 9.10. The van der Waals surface area contributed by atoms with Gasteiger partial charge in [0.1, 0.15) is 11.6 Å². The van der Waals surface area contributed by atoms with Crippen LogP contribution in [0.15, 0.2) is 52.1 Å². The minimum atomic E-state index is -3.53. The Morgan fingerprint density at radius 2 is 1.95 bits per heavy atom. The van der Waals surface area contributed by atoms with Crippen LogP contribution < -0.4 is 20.3 Å². The zero-order valence-corrected chi connectivity index (χ0v) is 22.7. The van der Waals surface area contributed by atoms with Crippen molar-refractivity contribution in [3.8, 4) is 5.75 Å². The number of sulfone groups is 1. The summed E-state index contributed by atoms with van der Waals surface area (Å²) in [5, 5.41) is 14.0. The second-order valence-corrected chi connectivity index (χ2v) is 11.4. The number of ether oxygens (including phenoxy) is 2. The van der Waals surface area contributed by atoms with E-state index in [1.165, 1.54) is 0 Å². The van der Waals surface area contributed by atoms with Gasteiger partial charge in [0.25, 0.3) is 0 Å². The van der Waals surface area contributed by atoms with Crippen LogP contribution in [-0.4, -0.2) is 67.7 Å². The molecule has 2 aromatic heterocycles. The minimum Gasteiger partial charge on any atom is -0.494 e. The lowest BCUT2D eigenvalue weighted by molar-refractivity contribution is 0.122. The van der Waals surface area contributed by atoms with E-state index in [0.717, 1.165) is 24.2 Å². The predicted octanol–water partition coefficient (Wildman–Crippen LogP) is 4.24. The van der Waals surface area contributed by atoms with Crippen LogP contribution in [0.5, 0.6) is 5.75 Å². The van der Waals surface area contributed by atoms with Crippen LogP contribution in [0.2, 0.25) is 0 Å². The highest BCUT2D eigenvalue weighted by Crippen LogP contribution is 2.34. The Balaban J connectivity index is 1.45. The van der Waals surface area contributed by atoms with Crippen molar-refractivity contribution < 1.29 is 17.9 Å². The normalized spacial score (nSPS) is 14.1. The molecule has 3 heterocycles. The molecule has 0 saturated carbocycles. The summed E-state index contributed by atoms with van der Waals surface area (Å²) < 4.78 is 37.3. The van der Waals surface area contributed by atoms with Crippen molar-refractivity contribution in [3.05, 3.63) is 47.2 Å². The quantitative estimate of drug-likeness (QED) is 0.274. The molecular formula is C24H26BrN7O4S. The van der Waals surface area contributed by atoms with Crippen LogP contribution >= 0.6 is 15.9 Å². The lowest BCUT2D eigenvalue weighted by atomic mass is 10.2. The van der Waals surface area contributed by atoms with Crippen molar-refractivity contribution in [2.45, 2.75) is 11.8 Å². The first-order chi connectivity index (χ1) is 17.9. The van der Waals surface area contributed by atoms with Gasteiger partial charge in [-0.15, -0.1) is 0 Å². The number of hydrogen-bond acceptors (Lipinski definition) is 10. The number of methoxy groups -OCH3 is 1. The Kier molecular flexibility index (Phi) is 7.17. The molecule has 0 unspecified atom stereocenters. The van der Waals surface area contributed by atoms with Crippen molar-refractivity contribution in [1.82, 2.24) is 20.2 Å². The third kappa shape index (κ3) is 5.33. The molecule has 1 fully saturated rings. The summed E-state index contributed by atoms with van der Waals surface area (Å²) in [6.45, 7) is 4.64. The van der Waals surface area contributed by atoms with Gasteiger partial charge < -0.3 is 25.0 Å².